The van der Waals surface area contributed by atoms with Gasteiger partial charge in [-0.25, -0.2) is 4.98 Å². The quantitative estimate of drug-likeness (QED) is 0.378. The number of thiazole rings is 1. The van der Waals surface area contributed by atoms with Crippen LogP contribution in [0.4, 0.5) is 13.2 Å². The summed E-state index contributed by atoms with van der Waals surface area (Å²) in [6, 6.07) is 7.01. The molecule has 0 aliphatic carbocycles. The minimum atomic E-state index is -3.67. The summed E-state index contributed by atoms with van der Waals surface area (Å²) in [7, 11) is 1.63. The molecule has 0 spiro atoms. The third kappa shape index (κ3) is 24.1. The zero-order chi connectivity index (χ0) is 26.7. The molecule has 33 heavy (non-hydrogen) atoms. The maximum Gasteiger partial charge on any atom is 0.379 e. The zero-order valence-electron chi connectivity index (χ0n) is 20.5. The fourth-order valence-electron chi connectivity index (χ4n) is 1.49. The molecule has 4 nitrogen and oxygen atoms in total. The lowest BCUT2D eigenvalue weighted by Gasteiger charge is -2.07. The number of nitrogens with zero attached hydrogens (tertiary/aromatic N) is 2. The van der Waals surface area contributed by atoms with Gasteiger partial charge in [0.15, 0.2) is 0 Å². The molecule has 1 heterocycles. The first-order chi connectivity index (χ1) is 15.8. The highest BCUT2D eigenvalue weighted by atomic mass is 35.5. The van der Waals surface area contributed by atoms with Crippen LogP contribution in [-0.4, -0.2) is 18.8 Å². The van der Waals surface area contributed by atoms with Crippen molar-refractivity contribution in [3.05, 3.63) is 70.2 Å². The summed E-state index contributed by atoms with van der Waals surface area (Å²) in [4.78, 5) is 5.22. The topological polar surface area (TPSA) is 55.1 Å². The maximum atomic E-state index is 9.67. The Kier molecular flexibility index (Phi) is 34.1. The number of hydrogen-bond acceptors (Lipinski definition) is 5. The summed E-state index contributed by atoms with van der Waals surface area (Å²) in [6.45, 7) is 15.7. The standard InChI is InChI=1S/C13H11ClN2O2S.2C3H6.2C2H6.CHF3/c1-17-6-12-13(19-8-16-12)7-18-10-3-2-9(5-15)11(14)4-10;2*1-3-2;2*1-2;2-1(3)4/h2-4,8H,6-7H2,1H3;2*3H,1H2,2H3;2*1-2H3;1H. The monoisotopic (exact) mass is 508 g/mol. The van der Waals surface area contributed by atoms with Crippen LogP contribution in [0.2, 0.25) is 5.02 Å². The van der Waals surface area contributed by atoms with E-state index < -0.39 is 6.68 Å². The molecule has 0 N–H and O–H groups in total. The Labute approximate surface area is 206 Å². The molecule has 0 aliphatic rings. The Morgan fingerprint density at radius 1 is 1.12 bits per heavy atom. The van der Waals surface area contributed by atoms with Gasteiger partial charge in [0, 0.05) is 13.2 Å². The summed E-state index contributed by atoms with van der Waals surface area (Å²) < 4.78 is 39.7. The summed E-state index contributed by atoms with van der Waals surface area (Å²) in [5.41, 5.74) is 3.08. The second-order valence-corrected chi connectivity index (χ2v) is 6.11. The lowest BCUT2D eigenvalue weighted by molar-refractivity contribution is 0.00819. The van der Waals surface area contributed by atoms with Crippen molar-refractivity contribution in [1.29, 1.82) is 5.26 Å². The molecule has 0 saturated heterocycles. The molecule has 0 unspecified atom stereocenters. The minimum absolute atomic E-state index is 0.390. The Morgan fingerprint density at radius 2 is 1.61 bits per heavy atom. The van der Waals surface area contributed by atoms with E-state index in [0.29, 0.717) is 29.5 Å². The predicted molar refractivity (Wildman–Crippen MR) is 135 cm³/mol. The highest BCUT2D eigenvalue weighted by Crippen LogP contribution is 2.24. The second-order valence-electron chi connectivity index (χ2n) is 4.76. The molecule has 1 aromatic heterocycles. The third-order valence-corrected chi connectivity index (χ3v) is 3.60. The molecule has 0 saturated carbocycles. The van der Waals surface area contributed by atoms with Gasteiger partial charge in [0.2, 0.25) is 0 Å². The Balaban J connectivity index is -0.000000251. The van der Waals surface area contributed by atoms with Crippen LogP contribution in [0, 0.1) is 11.3 Å². The molecule has 2 aromatic rings. The van der Waals surface area contributed by atoms with Crippen LogP contribution in [0.15, 0.2) is 49.0 Å². The van der Waals surface area contributed by atoms with Crippen molar-refractivity contribution in [1.82, 2.24) is 4.98 Å². The van der Waals surface area contributed by atoms with Gasteiger partial charge in [0.25, 0.3) is 0 Å². The Bertz CT molecular complexity index is 743. The summed E-state index contributed by atoms with van der Waals surface area (Å²) in [5, 5.41) is 9.18. The molecule has 2 rings (SSSR count). The van der Waals surface area contributed by atoms with Gasteiger partial charge in [0.1, 0.15) is 18.4 Å². The number of rotatable bonds is 5. The van der Waals surface area contributed by atoms with Gasteiger partial charge in [-0.3, -0.25) is 0 Å². The number of hydrogen-bond donors (Lipinski definition) is 0. The zero-order valence-corrected chi connectivity index (χ0v) is 22.1. The van der Waals surface area contributed by atoms with Gasteiger partial charge in [-0.05, 0) is 26.0 Å². The molecule has 0 amide bonds. The molecule has 188 valence electrons. The van der Waals surface area contributed by atoms with Crippen molar-refractivity contribution in [3.63, 3.8) is 0 Å². The van der Waals surface area contributed by atoms with E-state index in [4.69, 9.17) is 26.3 Å². The van der Waals surface area contributed by atoms with Gasteiger partial charge in [-0.15, -0.1) is 24.5 Å². The lowest BCUT2D eigenvalue weighted by Crippen LogP contribution is -1.99. The first-order valence-electron chi connectivity index (χ1n) is 10.1. The van der Waals surface area contributed by atoms with E-state index in [1.807, 2.05) is 47.6 Å². The van der Waals surface area contributed by atoms with E-state index >= 15 is 0 Å². The number of ether oxygens (including phenoxy) is 2. The molecule has 1 aromatic carbocycles. The summed E-state index contributed by atoms with van der Waals surface area (Å²) in [5.74, 6) is 0.626. The molecular weight excluding hydrogens is 473 g/mol. The van der Waals surface area contributed by atoms with Gasteiger partial charge in [-0.2, -0.15) is 18.4 Å². The van der Waals surface area contributed by atoms with Crippen molar-refractivity contribution >= 4 is 22.9 Å². The number of aromatic nitrogens is 1. The number of halogens is 4. The normalized spacial score (nSPS) is 8.09. The minimum Gasteiger partial charge on any atom is -0.488 e. The largest absolute Gasteiger partial charge is 0.488 e. The Morgan fingerprint density at radius 3 is 2.00 bits per heavy atom. The van der Waals surface area contributed by atoms with Crippen molar-refractivity contribution < 1.29 is 22.6 Å². The highest BCUT2D eigenvalue weighted by molar-refractivity contribution is 7.09. The van der Waals surface area contributed by atoms with Crippen molar-refractivity contribution in [2.75, 3.05) is 7.11 Å². The number of benzene rings is 1. The van der Waals surface area contributed by atoms with E-state index in [2.05, 4.69) is 18.1 Å². The smallest absolute Gasteiger partial charge is 0.379 e. The third-order valence-electron chi connectivity index (χ3n) is 2.44. The Hall–Kier alpha value is -2.34. The van der Waals surface area contributed by atoms with E-state index in [0.717, 1.165) is 10.6 Å². The van der Waals surface area contributed by atoms with Crippen molar-refractivity contribution in [2.24, 2.45) is 0 Å². The molecular formula is C24H36ClF3N2O2S. The van der Waals surface area contributed by atoms with Crippen LogP contribution in [0.3, 0.4) is 0 Å². The number of alkyl halides is 3. The van der Waals surface area contributed by atoms with Crippen LogP contribution in [-0.2, 0) is 18.0 Å². The first-order valence-corrected chi connectivity index (χ1v) is 11.4. The van der Waals surface area contributed by atoms with Crippen LogP contribution >= 0.6 is 22.9 Å². The molecule has 9 heteroatoms. The number of methoxy groups -OCH3 is 1. The van der Waals surface area contributed by atoms with Crippen molar-refractivity contribution in [3.8, 4) is 11.8 Å². The van der Waals surface area contributed by atoms with E-state index in [-0.39, 0.29) is 0 Å². The van der Waals surface area contributed by atoms with Gasteiger partial charge < -0.3 is 9.47 Å². The van der Waals surface area contributed by atoms with E-state index in [1.165, 1.54) is 11.3 Å². The molecule has 0 aliphatic heterocycles. The summed E-state index contributed by atoms with van der Waals surface area (Å²) in [6.07, 6.45) is 3.50. The molecule has 0 fully saturated rings. The average Bonchev–Trinajstić information content (AvgIpc) is 3.23. The second kappa shape index (κ2) is 29.7. The fraction of sp³-hybridized carbons (Fsp3) is 0.417. The van der Waals surface area contributed by atoms with Gasteiger partial charge in [-0.1, -0.05) is 51.4 Å². The molecule has 0 radical (unpaired) electrons. The van der Waals surface area contributed by atoms with Crippen LogP contribution in [0.25, 0.3) is 0 Å². The van der Waals surface area contributed by atoms with Crippen LogP contribution in [0.1, 0.15) is 57.7 Å². The number of allylic oxidation sites excluding steroid dienone is 2. The van der Waals surface area contributed by atoms with E-state index in [1.54, 1.807) is 43.0 Å². The highest BCUT2D eigenvalue weighted by Gasteiger charge is 2.08. The molecule has 0 bridgehead atoms. The first kappa shape index (κ1) is 37.9. The fourth-order valence-corrected chi connectivity index (χ4v) is 2.39. The SMILES string of the molecule is C=CC.C=CC.CC.CC.COCc1ncsc1COc1ccc(C#N)c(Cl)c1.FC(F)F. The predicted octanol–water partition coefficient (Wildman–Crippen LogP) is 9.01. The van der Waals surface area contributed by atoms with Gasteiger partial charge >= 0.3 is 6.68 Å². The maximum absolute atomic E-state index is 9.67. The lowest BCUT2D eigenvalue weighted by atomic mass is 10.2. The van der Waals surface area contributed by atoms with Crippen molar-refractivity contribution in [2.45, 2.75) is 61.4 Å². The number of nitriles is 1. The molecule has 0 atom stereocenters. The van der Waals surface area contributed by atoms with Gasteiger partial charge in [0.05, 0.1) is 33.3 Å². The summed E-state index contributed by atoms with van der Waals surface area (Å²) >= 11 is 7.46. The van der Waals surface area contributed by atoms with Crippen LogP contribution < -0.4 is 4.74 Å². The van der Waals surface area contributed by atoms with E-state index in [9.17, 15) is 13.2 Å². The average molecular weight is 509 g/mol. The van der Waals surface area contributed by atoms with Crippen LogP contribution in [0.5, 0.6) is 5.75 Å².